The summed E-state index contributed by atoms with van der Waals surface area (Å²) >= 11 is 1.81. The first kappa shape index (κ1) is 14.3. The van der Waals surface area contributed by atoms with Gasteiger partial charge in [0.25, 0.3) is 0 Å². The number of aromatic nitrogens is 3. The van der Waals surface area contributed by atoms with Crippen LogP contribution in [0.1, 0.15) is 36.3 Å². The zero-order valence-electron chi connectivity index (χ0n) is 13.8. The van der Waals surface area contributed by atoms with Crippen molar-refractivity contribution in [3.05, 3.63) is 47.5 Å². The molecule has 2 aliphatic rings. The van der Waals surface area contributed by atoms with Gasteiger partial charge < -0.3 is 4.90 Å². The summed E-state index contributed by atoms with van der Waals surface area (Å²) in [6, 6.07) is 8.43. The highest BCUT2D eigenvalue weighted by Gasteiger charge is 2.44. The summed E-state index contributed by atoms with van der Waals surface area (Å²) in [6.07, 6.45) is 6.80. The highest BCUT2D eigenvalue weighted by atomic mass is 32.1. The van der Waals surface area contributed by atoms with Gasteiger partial charge in [-0.3, -0.25) is 0 Å². The molecule has 1 unspecified atom stereocenters. The molecule has 2 aromatic heterocycles. The fourth-order valence-corrected chi connectivity index (χ4v) is 5.31. The first-order chi connectivity index (χ1) is 11.7. The zero-order valence-corrected chi connectivity index (χ0v) is 14.6. The molecular weight excluding hydrogens is 316 g/mol. The Morgan fingerprint density at radius 3 is 3.00 bits per heavy atom. The van der Waals surface area contributed by atoms with Crippen LogP contribution in [-0.4, -0.2) is 28.0 Å². The molecule has 3 heterocycles. The lowest BCUT2D eigenvalue weighted by Gasteiger charge is -2.40. The number of anilines is 1. The number of nitrogens with zero attached hydrogens (tertiary/aromatic N) is 4. The number of rotatable bonds is 1. The van der Waals surface area contributed by atoms with Gasteiger partial charge in [0.2, 0.25) is 0 Å². The van der Waals surface area contributed by atoms with Crippen molar-refractivity contribution < 1.29 is 0 Å². The highest BCUT2D eigenvalue weighted by molar-refractivity contribution is 7.22. The average Bonchev–Trinajstić information content (AvgIpc) is 3.18. The number of thiazole rings is 1. The smallest absolute Gasteiger partial charge is 0.186 e. The minimum atomic E-state index is 0.194. The molecule has 1 saturated heterocycles. The van der Waals surface area contributed by atoms with Gasteiger partial charge in [-0.05, 0) is 50.3 Å². The van der Waals surface area contributed by atoms with E-state index in [0.29, 0.717) is 0 Å². The molecule has 1 atom stereocenters. The minimum absolute atomic E-state index is 0.194. The van der Waals surface area contributed by atoms with Gasteiger partial charge in [-0.25, -0.2) is 15.0 Å². The zero-order chi connectivity index (χ0) is 16.1. The van der Waals surface area contributed by atoms with E-state index < -0.39 is 0 Å². The van der Waals surface area contributed by atoms with E-state index in [-0.39, 0.29) is 5.41 Å². The Kier molecular flexibility index (Phi) is 3.13. The number of para-hydroxylation sites is 1. The van der Waals surface area contributed by atoms with E-state index in [1.807, 2.05) is 24.5 Å². The van der Waals surface area contributed by atoms with Gasteiger partial charge in [0.15, 0.2) is 5.13 Å². The molecule has 0 N–H and O–H groups in total. The fourth-order valence-electron chi connectivity index (χ4n) is 4.32. The number of piperidine rings is 1. The normalized spacial score (nSPS) is 23.1. The lowest BCUT2D eigenvalue weighted by Crippen LogP contribution is -2.45. The number of hydrogen-bond acceptors (Lipinski definition) is 5. The van der Waals surface area contributed by atoms with E-state index >= 15 is 0 Å². The maximum atomic E-state index is 4.88. The molecule has 3 aromatic rings. The molecule has 1 aromatic carbocycles. The second-order valence-electron chi connectivity index (χ2n) is 7.06. The van der Waals surface area contributed by atoms with Crippen LogP contribution in [0.5, 0.6) is 0 Å². The molecule has 1 spiro atoms. The summed E-state index contributed by atoms with van der Waals surface area (Å²) in [6.45, 7) is 4.14. The first-order valence-corrected chi connectivity index (χ1v) is 9.49. The summed E-state index contributed by atoms with van der Waals surface area (Å²) in [5.74, 6) is 0.895. The summed E-state index contributed by atoms with van der Waals surface area (Å²) in [4.78, 5) is 16.6. The van der Waals surface area contributed by atoms with Gasteiger partial charge in [-0.1, -0.05) is 23.5 Å². The van der Waals surface area contributed by atoms with Crippen molar-refractivity contribution in [1.29, 1.82) is 0 Å². The van der Waals surface area contributed by atoms with Crippen molar-refractivity contribution in [2.24, 2.45) is 0 Å². The summed E-state index contributed by atoms with van der Waals surface area (Å²) < 4.78 is 1.28. The van der Waals surface area contributed by atoms with Crippen molar-refractivity contribution in [2.75, 3.05) is 18.0 Å². The Morgan fingerprint density at radius 1 is 1.17 bits per heavy atom. The second kappa shape index (κ2) is 5.24. The molecule has 0 radical (unpaired) electrons. The summed E-state index contributed by atoms with van der Waals surface area (Å²) in [7, 11) is 0. The van der Waals surface area contributed by atoms with Gasteiger partial charge in [-0.15, -0.1) is 0 Å². The van der Waals surface area contributed by atoms with Crippen molar-refractivity contribution in [1.82, 2.24) is 15.0 Å². The Labute approximate surface area is 145 Å². The predicted molar refractivity (Wildman–Crippen MR) is 97.8 cm³/mol. The molecule has 4 nitrogen and oxygen atoms in total. The largest absolute Gasteiger partial charge is 0.347 e. The molecule has 0 amide bonds. The van der Waals surface area contributed by atoms with Crippen LogP contribution in [0, 0.1) is 6.92 Å². The first-order valence-electron chi connectivity index (χ1n) is 8.67. The summed E-state index contributed by atoms with van der Waals surface area (Å²) in [5.41, 5.74) is 3.97. The molecule has 5 rings (SSSR count). The molecule has 0 bridgehead atoms. The van der Waals surface area contributed by atoms with E-state index in [1.54, 1.807) is 0 Å². The highest BCUT2D eigenvalue weighted by Crippen LogP contribution is 2.45. The van der Waals surface area contributed by atoms with Gasteiger partial charge in [0.05, 0.1) is 15.9 Å². The van der Waals surface area contributed by atoms with Crippen molar-refractivity contribution in [2.45, 2.75) is 38.0 Å². The SMILES string of the molecule is Cc1ncc2c(n1)C1(CCCN(c3nc4ccccc4s3)C1)CC2. The molecule has 1 fully saturated rings. The third kappa shape index (κ3) is 2.14. The minimum Gasteiger partial charge on any atom is -0.347 e. The molecule has 122 valence electrons. The lowest BCUT2D eigenvalue weighted by atomic mass is 9.77. The van der Waals surface area contributed by atoms with Gasteiger partial charge in [0.1, 0.15) is 5.82 Å². The molecule has 24 heavy (non-hydrogen) atoms. The quantitative estimate of drug-likeness (QED) is 0.676. The molecule has 0 saturated carbocycles. The van der Waals surface area contributed by atoms with Gasteiger partial charge in [0, 0.05) is 24.7 Å². The van der Waals surface area contributed by atoms with E-state index in [1.165, 1.54) is 35.2 Å². The maximum Gasteiger partial charge on any atom is 0.186 e. The van der Waals surface area contributed by atoms with E-state index in [2.05, 4.69) is 34.1 Å². The Hall–Kier alpha value is -2.01. The fraction of sp³-hybridized carbons (Fsp3) is 0.421. The molecular formula is C19H20N4S. The Morgan fingerprint density at radius 2 is 2.08 bits per heavy atom. The maximum absolute atomic E-state index is 4.88. The molecule has 1 aliphatic carbocycles. The van der Waals surface area contributed by atoms with Crippen LogP contribution in [0.3, 0.4) is 0 Å². The van der Waals surface area contributed by atoms with E-state index in [4.69, 9.17) is 9.97 Å². The molecule has 1 aliphatic heterocycles. The summed E-state index contributed by atoms with van der Waals surface area (Å²) in [5, 5.41) is 1.16. The average molecular weight is 336 g/mol. The Balaban J connectivity index is 1.52. The van der Waals surface area contributed by atoms with Crippen LogP contribution in [0.15, 0.2) is 30.5 Å². The number of benzene rings is 1. The predicted octanol–water partition coefficient (Wildman–Crippen LogP) is 3.88. The topological polar surface area (TPSA) is 41.9 Å². The van der Waals surface area contributed by atoms with Crippen LogP contribution in [0.4, 0.5) is 5.13 Å². The van der Waals surface area contributed by atoms with E-state index in [9.17, 15) is 0 Å². The number of aryl methyl sites for hydroxylation is 2. The second-order valence-corrected chi connectivity index (χ2v) is 8.07. The van der Waals surface area contributed by atoms with E-state index in [0.717, 1.165) is 36.0 Å². The van der Waals surface area contributed by atoms with Crippen molar-refractivity contribution >= 4 is 26.7 Å². The lowest BCUT2D eigenvalue weighted by molar-refractivity contribution is 0.334. The number of fused-ring (bicyclic) bond motifs is 3. The van der Waals surface area contributed by atoms with Crippen LogP contribution in [0.2, 0.25) is 0 Å². The monoisotopic (exact) mass is 336 g/mol. The van der Waals surface area contributed by atoms with Crippen molar-refractivity contribution in [3.63, 3.8) is 0 Å². The van der Waals surface area contributed by atoms with Crippen molar-refractivity contribution in [3.8, 4) is 0 Å². The molecule has 5 heteroatoms. The van der Waals surface area contributed by atoms with Crippen LogP contribution in [-0.2, 0) is 11.8 Å². The Bertz CT molecular complexity index is 882. The van der Waals surface area contributed by atoms with Crippen LogP contribution >= 0.6 is 11.3 Å². The standard InChI is InChI=1S/C19H20N4S/c1-13-20-11-14-7-9-19(17(14)21-13)8-4-10-23(12-19)18-22-15-5-2-3-6-16(15)24-18/h2-3,5-6,11H,4,7-10,12H2,1H3. The third-order valence-electron chi connectivity index (χ3n) is 5.49. The van der Waals surface area contributed by atoms with Gasteiger partial charge >= 0.3 is 0 Å². The van der Waals surface area contributed by atoms with Gasteiger partial charge in [-0.2, -0.15) is 0 Å². The van der Waals surface area contributed by atoms with Crippen LogP contribution in [0.25, 0.3) is 10.2 Å². The number of hydrogen-bond donors (Lipinski definition) is 0. The third-order valence-corrected chi connectivity index (χ3v) is 6.59. The van der Waals surface area contributed by atoms with Crippen LogP contribution < -0.4 is 4.90 Å².